The number of hydrogen-bond donors (Lipinski definition) is 0. The number of fused-ring (bicyclic) bond motifs is 7. The summed E-state index contributed by atoms with van der Waals surface area (Å²) in [6, 6.07) is 71.1. The zero-order valence-electron chi connectivity index (χ0n) is 33.4. The van der Waals surface area contributed by atoms with E-state index in [4.69, 9.17) is 24.4 Å². The number of nitrogens with zero attached hydrogens (tertiary/aromatic N) is 5. The molecule has 4 heterocycles. The van der Waals surface area contributed by atoms with Gasteiger partial charge in [0.05, 0.1) is 22.1 Å². The van der Waals surface area contributed by atoms with Gasteiger partial charge in [0.15, 0.2) is 17.5 Å². The van der Waals surface area contributed by atoms with Crippen LogP contribution in [0.2, 0.25) is 0 Å². The summed E-state index contributed by atoms with van der Waals surface area (Å²) < 4.78 is 9.14. The molecule has 290 valence electrons. The van der Waals surface area contributed by atoms with Crippen LogP contribution in [0.25, 0.3) is 117 Å². The summed E-state index contributed by atoms with van der Waals surface area (Å²) in [7, 11) is 0. The molecule has 0 aliphatic heterocycles. The lowest BCUT2D eigenvalue weighted by Gasteiger charge is -2.15. The molecule has 0 aliphatic rings. The molecule has 6 nitrogen and oxygen atoms in total. The molecule has 0 fully saturated rings. The van der Waals surface area contributed by atoms with Gasteiger partial charge in [0.1, 0.15) is 11.2 Å². The minimum atomic E-state index is 0.526. The maximum Gasteiger partial charge on any atom is 0.166 e. The lowest BCUT2D eigenvalue weighted by molar-refractivity contribution is 0.669. The molecule has 12 aromatic rings. The zero-order valence-corrected chi connectivity index (χ0v) is 33.4. The second-order valence-electron chi connectivity index (χ2n) is 15.4. The van der Waals surface area contributed by atoms with Gasteiger partial charge in [-0.3, -0.25) is 4.98 Å². The van der Waals surface area contributed by atoms with Gasteiger partial charge in [-0.15, -0.1) is 0 Å². The fraction of sp³-hybridized carbons (Fsp3) is 0. The van der Waals surface area contributed by atoms with Gasteiger partial charge in [0.25, 0.3) is 0 Å². The molecule has 0 N–H and O–H groups in total. The molecule has 12 rings (SSSR count). The van der Waals surface area contributed by atoms with Gasteiger partial charge < -0.3 is 8.98 Å². The number of pyridine rings is 1. The summed E-state index contributed by atoms with van der Waals surface area (Å²) in [4.78, 5) is 20.7. The molecule has 8 aromatic carbocycles. The van der Waals surface area contributed by atoms with Crippen LogP contribution in [0.3, 0.4) is 0 Å². The fourth-order valence-corrected chi connectivity index (χ4v) is 8.85. The monoisotopic (exact) mass is 793 g/mol. The van der Waals surface area contributed by atoms with Gasteiger partial charge in [-0.25, -0.2) is 15.0 Å². The Labute approximate surface area is 357 Å². The van der Waals surface area contributed by atoms with Gasteiger partial charge in [0, 0.05) is 55.9 Å². The van der Waals surface area contributed by atoms with Crippen LogP contribution in [0.5, 0.6) is 0 Å². The molecule has 0 radical (unpaired) electrons. The normalized spacial score (nSPS) is 11.5. The number of para-hydroxylation sites is 2. The second-order valence-corrected chi connectivity index (χ2v) is 15.4. The topological polar surface area (TPSA) is 69.6 Å². The Morgan fingerprint density at radius 2 is 0.935 bits per heavy atom. The number of hydrogen-bond acceptors (Lipinski definition) is 5. The van der Waals surface area contributed by atoms with E-state index in [1.165, 1.54) is 10.8 Å². The summed E-state index contributed by atoms with van der Waals surface area (Å²) >= 11 is 0. The van der Waals surface area contributed by atoms with E-state index in [2.05, 4.69) is 144 Å². The van der Waals surface area contributed by atoms with Crippen LogP contribution < -0.4 is 0 Å². The van der Waals surface area contributed by atoms with Gasteiger partial charge in [-0.05, 0) is 65.2 Å². The molecule has 0 bridgehead atoms. The Morgan fingerprint density at radius 3 is 1.63 bits per heavy atom. The molecular formula is C56H35N5O. The van der Waals surface area contributed by atoms with Crippen LogP contribution in [-0.4, -0.2) is 24.5 Å². The van der Waals surface area contributed by atoms with Crippen molar-refractivity contribution in [3.8, 4) is 73.4 Å². The van der Waals surface area contributed by atoms with Gasteiger partial charge in [-0.2, -0.15) is 0 Å². The van der Waals surface area contributed by atoms with Crippen LogP contribution in [0.4, 0.5) is 0 Å². The molecule has 6 heteroatoms. The molecule has 0 atom stereocenters. The van der Waals surface area contributed by atoms with Gasteiger partial charge >= 0.3 is 0 Å². The van der Waals surface area contributed by atoms with E-state index in [1.54, 1.807) is 0 Å². The van der Waals surface area contributed by atoms with E-state index >= 15 is 0 Å². The highest BCUT2D eigenvalue weighted by Gasteiger charge is 2.22. The Bertz CT molecular complexity index is 3560. The Morgan fingerprint density at radius 1 is 0.371 bits per heavy atom. The third-order valence-electron chi connectivity index (χ3n) is 11.7. The van der Waals surface area contributed by atoms with E-state index in [9.17, 15) is 0 Å². The van der Waals surface area contributed by atoms with E-state index in [0.29, 0.717) is 17.5 Å². The van der Waals surface area contributed by atoms with Gasteiger partial charge in [0.2, 0.25) is 0 Å². The zero-order chi connectivity index (χ0) is 41.0. The maximum atomic E-state index is 6.78. The first-order chi connectivity index (χ1) is 30.7. The lowest BCUT2D eigenvalue weighted by atomic mass is 9.93. The molecule has 0 amide bonds. The van der Waals surface area contributed by atoms with Crippen molar-refractivity contribution in [3.63, 3.8) is 0 Å². The number of benzene rings is 8. The Hall–Kier alpha value is -8.48. The van der Waals surface area contributed by atoms with E-state index < -0.39 is 0 Å². The van der Waals surface area contributed by atoms with Crippen LogP contribution in [0, 0.1) is 0 Å². The van der Waals surface area contributed by atoms with Crippen LogP contribution in [0.1, 0.15) is 0 Å². The van der Waals surface area contributed by atoms with E-state index in [1.807, 2.05) is 72.9 Å². The summed E-state index contributed by atoms with van der Waals surface area (Å²) in [5.41, 5.74) is 13.4. The summed E-state index contributed by atoms with van der Waals surface area (Å²) in [6.07, 6.45) is 1.96. The van der Waals surface area contributed by atoms with Crippen molar-refractivity contribution in [3.05, 3.63) is 212 Å². The Balaban J connectivity index is 1.10. The standard InChI is InChI=1S/C56H35N5O/c1-5-17-36(18-6-1)42-25-13-14-26-43(42)40-33-47(56-59-54(37-19-7-2-8-20-37)58-55(60-56)38-21-9-3-10-22-38)52(57-35-40)39-29-30-46-50(34-39)62-49-32-31-45-44-27-15-16-28-48(44)61(53(45)51(46)49)41-23-11-4-12-24-41/h1-35H. The molecule has 0 saturated heterocycles. The van der Waals surface area contributed by atoms with Crippen molar-refractivity contribution >= 4 is 43.7 Å². The third kappa shape index (κ3) is 5.96. The average molecular weight is 794 g/mol. The molecular weight excluding hydrogens is 759 g/mol. The molecule has 0 aliphatic carbocycles. The maximum absolute atomic E-state index is 6.78. The molecule has 0 saturated carbocycles. The first-order valence-electron chi connectivity index (χ1n) is 20.7. The SMILES string of the molecule is c1ccc(-c2nc(-c3ccccc3)nc(-c3cc(-c4ccccc4-c4ccccc4)cnc3-c3ccc4c(c3)oc3ccc5c6ccccc6n(-c6ccccc6)c5c34)n2)cc1. The first-order valence-corrected chi connectivity index (χ1v) is 20.7. The summed E-state index contributed by atoms with van der Waals surface area (Å²) in [5.74, 6) is 1.69. The lowest BCUT2D eigenvalue weighted by Crippen LogP contribution is -2.02. The van der Waals surface area contributed by atoms with Gasteiger partial charge in [-0.1, -0.05) is 158 Å². The highest BCUT2D eigenvalue weighted by Crippen LogP contribution is 2.43. The van der Waals surface area contributed by atoms with E-state index in [0.717, 1.165) is 88.9 Å². The predicted molar refractivity (Wildman–Crippen MR) is 252 cm³/mol. The average Bonchev–Trinajstić information content (AvgIpc) is 3.90. The van der Waals surface area contributed by atoms with Crippen molar-refractivity contribution in [1.29, 1.82) is 0 Å². The number of furan rings is 1. The van der Waals surface area contributed by atoms with Crippen molar-refractivity contribution in [1.82, 2.24) is 24.5 Å². The summed E-state index contributed by atoms with van der Waals surface area (Å²) in [6.45, 7) is 0. The quantitative estimate of drug-likeness (QED) is 0.161. The van der Waals surface area contributed by atoms with Crippen molar-refractivity contribution < 1.29 is 4.42 Å². The molecule has 4 aromatic heterocycles. The number of rotatable bonds is 7. The number of aromatic nitrogens is 5. The molecule has 0 spiro atoms. The largest absolute Gasteiger partial charge is 0.456 e. The fourth-order valence-electron chi connectivity index (χ4n) is 8.85. The minimum absolute atomic E-state index is 0.526. The van der Waals surface area contributed by atoms with Crippen LogP contribution >= 0.6 is 0 Å². The smallest absolute Gasteiger partial charge is 0.166 e. The summed E-state index contributed by atoms with van der Waals surface area (Å²) in [5, 5.41) is 4.48. The van der Waals surface area contributed by atoms with Crippen molar-refractivity contribution in [2.24, 2.45) is 0 Å². The first kappa shape index (κ1) is 35.5. The molecule has 62 heavy (non-hydrogen) atoms. The third-order valence-corrected chi connectivity index (χ3v) is 11.7. The molecule has 0 unspecified atom stereocenters. The van der Waals surface area contributed by atoms with Crippen LogP contribution in [-0.2, 0) is 0 Å². The van der Waals surface area contributed by atoms with Crippen LogP contribution in [0.15, 0.2) is 217 Å². The van der Waals surface area contributed by atoms with Crippen molar-refractivity contribution in [2.45, 2.75) is 0 Å². The predicted octanol–water partition coefficient (Wildman–Crippen LogP) is 14.3. The van der Waals surface area contributed by atoms with Crippen molar-refractivity contribution in [2.75, 3.05) is 0 Å². The van der Waals surface area contributed by atoms with E-state index in [-0.39, 0.29) is 0 Å². The second kappa shape index (κ2) is 14.7. The highest BCUT2D eigenvalue weighted by molar-refractivity contribution is 6.24. The Kier molecular flexibility index (Phi) is 8.38. The minimum Gasteiger partial charge on any atom is -0.456 e. The highest BCUT2D eigenvalue weighted by atomic mass is 16.3.